The molecule has 0 aliphatic carbocycles. The molecule has 0 radical (unpaired) electrons. The van der Waals surface area contributed by atoms with Crippen LogP contribution in [-0.2, 0) is 26.1 Å². The van der Waals surface area contributed by atoms with E-state index in [1.807, 2.05) is 0 Å². The highest BCUT2D eigenvalue weighted by molar-refractivity contribution is 7.98. The van der Waals surface area contributed by atoms with Gasteiger partial charge in [-0.25, -0.2) is 13.1 Å². The summed E-state index contributed by atoms with van der Waals surface area (Å²) < 4.78 is 36.1. The molecule has 2 aliphatic heterocycles. The maximum absolute atomic E-state index is 12.5. The average molecular weight is 424 g/mol. The fourth-order valence-corrected chi connectivity index (χ4v) is 6.11. The third kappa shape index (κ3) is 3.97. The number of nitrogens with zero attached hydrogens (tertiary/aromatic N) is 2. The van der Waals surface area contributed by atoms with Crippen molar-refractivity contribution < 1.29 is 22.7 Å². The number of hydrogen-bond donors (Lipinski definition) is 1. The Morgan fingerprint density at radius 1 is 1.29 bits per heavy atom. The Morgan fingerprint density at radius 3 is 2.71 bits per heavy atom. The summed E-state index contributed by atoms with van der Waals surface area (Å²) >= 11 is 1.73. The number of ether oxygens (including phenoxy) is 2. The van der Waals surface area contributed by atoms with Gasteiger partial charge in [-0.05, 0) is 30.7 Å². The van der Waals surface area contributed by atoms with Crippen LogP contribution in [0.1, 0.15) is 23.7 Å². The van der Waals surface area contributed by atoms with Crippen LogP contribution in [0.5, 0.6) is 11.5 Å². The Bertz CT molecular complexity index is 985. The molecule has 10 heteroatoms. The number of aromatic nitrogens is 2. The number of sulfone groups is 1. The van der Waals surface area contributed by atoms with Crippen molar-refractivity contribution in [2.24, 2.45) is 0 Å². The van der Waals surface area contributed by atoms with Crippen molar-refractivity contribution in [2.75, 3.05) is 30.5 Å². The van der Waals surface area contributed by atoms with Gasteiger partial charge in [0.15, 0.2) is 16.4 Å². The first-order chi connectivity index (χ1) is 13.4. The van der Waals surface area contributed by atoms with Gasteiger partial charge in [-0.2, -0.15) is 16.9 Å². The number of hydrogen-bond acceptors (Lipinski definition) is 7. The zero-order valence-corrected chi connectivity index (χ0v) is 17.0. The number of benzene rings is 1. The molecule has 1 amide bonds. The predicted octanol–water partition coefficient (Wildman–Crippen LogP) is 2.02. The van der Waals surface area contributed by atoms with E-state index in [9.17, 15) is 13.2 Å². The Hall–Kier alpha value is -2.20. The second-order valence-electron chi connectivity index (χ2n) is 6.78. The summed E-state index contributed by atoms with van der Waals surface area (Å²) in [5.74, 6) is 3.31. The molecule has 1 aromatic carbocycles. The molecule has 1 unspecified atom stereocenters. The van der Waals surface area contributed by atoms with E-state index >= 15 is 0 Å². The first-order valence-corrected chi connectivity index (χ1v) is 11.9. The van der Waals surface area contributed by atoms with Crippen LogP contribution in [0.4, 0.5) is 5.82 Å². The fourth-order valence-electron chi connectivity index (χ4n) is 3.39. The molecule has 0 spiro atoms. The summed E-state index contributed by atoms with van der Waals surface area (Å²) in [5.41, 5.74) is 1.90. The Morgan fingerprint density at radius 2 is 2.04 bits per heavy atom. The number of methoxy groups -OCH3 is 1. The average Bonchev–Trinajstić information content (AvgIpc) is 3.36. The summed E-state index contributed by atoms with van der Waals surface area (Å²) in [7, 11) is -1.46. The van der Waals surface area contributed by atoms with Crippen LogP contribution >= 0.6 is 11.8 Å². The van der Waals surface area contributed by atoms with Crippen molar-refractivity contribution in [3.63, 3.8) is 0 Å². The molecule has 1 fully saturated rings. The number of fused-ring (bicyclic) bond motifs is 1. The Kier molecular flexibility index (Phi) is 5.24. The van der Waals surface area contributed by atoms with Gasteiger partial charge in [0, 0.05) is 17.1 Å². The summed E-state index contributed by atoms with van der Waals surface area (Å²) in [6, 6.07) is 6.74. The molecule has 2 aliphatic rings. The lowest BCUT2D eigenvalue weighted by molar-refractivity contribution is -0.118. The third-order valence-corrected chi connectivity index (χ3v) is 7.54. The number of rotatable bonds is 6. The van der Waals surface area contributed by atoms with Gasteiger partial charge in [0.25, 0.3) is 5.91 Å². The molecule has 150 valence electrons. The van der Waals surface area contributed by atoms with E-state index < -0.39 is 9.84 Å². The highest BCUT2D eigenvalue weighted by Crippen LogP contribution is 2.38. The lowest BCUT2D eigenvalue weighted by atomic mass is 10.2. The molecule has 0 bridgehead atoms. The highest BCUT2D eigenvalue weighted by atomic mass is 32.2. The van der Waals surface area contributed by atoms with Crippen LogP contribution in [0, 0.1) is 0 Å². The van der Waals surface area contributed by atoms with Crippen molar-refractivity contribution >= 4 is 33.3 Å². The van der Waals surface area contributed by atoms with E-state index in [1.165, 1.54) is 0 Å². The summed E-state index contributed by atoms with van der Waals surface area (Å²) in [6.45, 7) is -0.150. The zero-order valence-electron chi connectivity index (χ0n) is 15.4. The molecule has 28 heavy (non-hydrogen) atoms. The summed E-state index contributed by atoms with van der Waals surface area (Å²) in [5, 5.41) is 7.48. The molecule has 1 atom stereocenters. The van der Waals surface area contributed by atoms with Gasteiger partial charge in [-0.1, -0.05) is 0 Å². The molecule has 1 aromatic heterocycles. The highest BCUT2D eigenvalue weighted by Gasteiger charge is 2.34. The SMILES string of the molecule is COc1ccc(OCC(=O)Nc2c3c(nn2C2CCS(=O)(=O)C2)CSC3)cc1. The minimum Gasteiger partial charge on any atom is -0.497 e. The van der Waals surface area contributed by atoms with Gasteiger partial charge in [0.05, 0.1) is 30.4 Å². The Balaban J connectivity index is 1.46. The van der Waals surface area contributed by atoms with E-state index in [-0.39, 0.29) is 30.1 Å². The van der Waals surface area contributed by atoms with Gasteiger partial charge in [0.2, 0.25) is 0 Å². The lowest BCUT2D eigenvalue weighted by Gasteiger charge is -2.15. The second kappa shape index (κ2) is 7.67. The predicted molar refractivity (Wildman–Crippen MR) is 107 cm³/mol. The van der Waals surface area contributed by atoms with Crippen LogP contribution in [0.25, 0.3) is 0 Å². The minimum atomic E-state index is -3.05. The van der Waals surface area contributed by atoms with Gasteiger partial charge < -0.3 is 14.8 Å². The van der Waals surface area contributed by atoms with Crippen molar-refractivity contribution in [1.29, 1.82) is 0 Å². The molecule has 8 nitrogen and oxygen atoms in total. The Labute approximate surface area is 167 Å². The minimum absolute atomic E-state index is 0.0614. The van der Waals surface area contributed by atoms with E-state index in [0.29, 0.717) is 23.7 Å². The number of amides is 1. The molecule has 3 heterocycles. The normalized spacial score (nSPS) is 20.0. The van der Waals surface area contributed by atoms with Gasteiger partial charge in [-0.15, -0.1) is 0 Å². The topological polar surface area (TPSA) is 99.5 Å². The molecular formula is C18H21N3O5S2. The fraction of sp³-hybridized carbons (Fsp3) is 0.444. The van der Waals surface area contributed by atoms with Crippen molar-refractivity contribution in [3.8, 4) is 11.5 Å². The van der Waals surface area contributed by atoms with Gasteiger partial charge >= 0.3 is 0 Å². The number of thioether (sulfide) groups is 1. The van der Waals surface area contributed by atoms with E-state index in [1.54, 1.807) is 47.8 Å². The zero-order chi connectivity index (χ0) is 19.7. The summed E-state index contributed by atoms with van der Waals surface area (Å²) in [6.07, 6.45) is 0.515. The van der Waals surface area contributed by atoms with Crippen LogP contribution in [0.2, 0.25) is 0 Å². The number of nitrogens with one attached hydrogen (secondary N) is 1. The molecule has 1 saturated heterocycles. The monoisotopic (exact) mass is 423 g/mol. The maximum atomic E-state index is 12.5. The first-order valence-electron chi connectivity index (χ1n) is 8.90. The van der Waals surface area contributed by atoms with Crippen LogP contribution in [0.3, 0.4) is 0 Å². The molecule has 1 N–H and O–H groups in total. The van der Waals surface area contributed by atoms with Crippen molar-refractivity contribution in [3.05, 3.63) is 35.5 Å². The van der Waals surface area contributed by atoms with Crippen LogP contribution in [0.15, 0.2) is 24.3 Å². The van der Waals surface area contributed by atoms with Gasteiger partial charge in [0.1, 0.15) is 17.3 Å². The molecule has 4 rings (SSSR count). The lowest BCUT2D eigenvalue weighted by Crippen LogP contribution is -2.24. The number of anilines is 1. The van der Waals surface area contributed by atoms with Crippen molar-refractivity contribution in [1.82, 2.24) is 9.78 Å². The number of carbonyl (C=O) groups is 1. The van der Waals surface area contributed by atoms with E-state index in [2.05, 4.69) is 10.4 Å². The van der Waals surface area contributed by atoms with E-state index in [4.69, 9.17) is 9.47 Å². The van der Waals surface area contributed by atoms with Crippen LogP contribution < -0.4 is 14.8 Å². The molecule has 2 aromatic rings. The standard InChI is InChI=1S/C18H21N3O5S2/c1-25-13-2-4-14(5-3-13)26-8-17(22)19-18-15-9-27-10-16(15)20-21(18)12-6-7-28(23,24)11-12/h2-5,12H,6-11H2,1H3,(H,19,22). The summed E-state index contributed by atoms with van der Waals surface area (Å²) in [4.78, 5) is 12.5. The van der Waals surface area contributed by atoms with E-state index in [0.717, 1.165) is 22.8 Å². The largest absolute Gasteiger partial charge is 0.497 e. The first kappa shape index (κ1) is 19.1. The number of carbonyl (C=O) groups excluding carboxylic acids is 1. The van der Waals surface area contributed by atoms with Gasteiger partial charge in [-0.3, -0.25) is 4.79 Å². The smallest absolute Gasteiger partial charge is 0.263 e. The second-order valence-corrected chi connectivity index (χ2v) is 9.99. The molecular weight excluding hydrogens is 402 g/mol. The van der Waals surface area contributed by atoms with Crippen LogP contribution in [-0.4, -0.2) is 49.3 Å². The quantitative estimate of drug-likeness (QED) is 0.759. The molecule has 0 saturated carbocycles. The third-order valence-electron chi connectivity index (χ3n) is 4.82. The maximum Gasteiger partial charge on any atom is 0.263 e. The van der Waals surface area contributed by atoms with Crippen molar-refractivity contribution in [2.45, 2.75) is 24.0 Å².